The maximum Gasteiger partial charge on any atom is 0.241 e. The lowest BCUT2D eigenvalue weighted by atomic mass is 10.0. The molecule has 2 rings (SSSR count). The van der Waals surface area contributed by atoms with Crippen LogP contribution in [0.1, 0.15) is 26.2 Å². The first-order chi connectivity index (χ1) is 10.00. The first kappa shape index (κ1) is 18.7. The SMILES string of the molecule is CCS(=O)(=O)Nc1ccc(NC(=O)[C@@H]2CCCCN2)cc1.Cl. The summed E-state index contributed by atoms with van der Waals surface area (Å²) < 4.78 is 25.4. The minimum Gasteiger partial charge on any atom is -0.325 e. The topological polar surface area (TPSA) is 87.3 Å². The van der Waals surface area contributed by atoms with E-state index in [0.717, 1.165) is 25.8 Å². The summed E-state index contributed by atoms with van der Waals surface area (Å²) in [6.07, 6.45) is 3.01. The number of hydrogen-bond donors (Lipinski definition) is 3. The van der Waals surface area contributed by atoms with Gasteiger partial charge in [-0.25, -0.2) is 8.42 Å². The van der Waals surface area contributed by atoms with Crippen molar-refractivity contribution in [3.05, 3.63) is 24.3 Å². The van der Waals surface area contributed by atoms with Crippen molar-refractivity contribution in [3.63, 3.8) is 0 Å². The summed E-state index contributed by atoms with van der Waals surface area (Å²) in [5.74, 6) is -0.0182. The Bertz CT molecular complexity index is 584. The van der Waals surface area contributed by atoms with E-state index in [1.54, 1.807) is 31.2 Å². The third kappa shape index (κ3) is 5.47. The Morgan fingerprint density at radius 3 is 2.41 bits per heavy atom. The summed E-state index contributed by atoms with van der Waals surface area (Å²) in [5.41, 5.74) is 1.15. The Morgan fingerprint density at radius 2 is 1.86 bits per heavy atom. The van der Waals surface area contributed by atoms with Gasteiger partial charge in [0, 0.05) is 11.4 Å². The van der Waals surface area contributed by atoms with E-state index in [1.165, 1.54) is 0 Å². The molecule has 1 aliphatic rings. The second-order valence-electron chi connectivity index (χ2n) is 5.07. The molecule has 1 saturated heterocycles. The Hall–Kier alpha value is -1.31. The Labute approximate surface area is 137 Å². The molecule has 6 nitrogen and oxygen atoms in total. The summed E-state index contributed by atoms with van der Waals surface area (Å²) in [4.78, 5) is 12.0. The van der Waals surface area contributed by atoms with Crippen molar-refractivity contribution in [2.45, 2.75) is 32.2 Å². The van der Waals surface area contributed by atoms with E-state index in [4.69, 9.17) is 0 Å². The Morgan fingerprint density at radius 1 is 1.23 bits per heavy atom. The number of carbonyl (C=O) groups is 1. The molecule has 0 unspecified atom stereocenters. The summed E-state index contributed by atoms with van der Waals surface area (Å²) >= 11 is 0. The van der Waals surface area contributed by atoms with Gasteiger partial charge in [0.25, 0.3) is 0 Å². The summed E-state index contributed by atoms with van der Waals surface area (Å²) in [5, 5.41) is 6.02. The zero-order valence-electron chi connectivity index (χ0n) is 12.5. The van der Waals surface area contributed by atoms with Gasteiger partial charge in [0.1, 0.15) is 0 Å². The van der Waals surface area contributed by atoms with Crippen LogP contribution in [0.4, 0.5) is 11.4 Å². The smallest absolute Gasteiger partial charge is 0.241 e. The van der Waals surface area contributed by atoms with Crippen LogP contribution in [-0.2, 0) is 14.8 Å². The zero-order valence-corrected chi connectivity index (χ0v) is 14.1. The van der Waals surface area contributed by atoms with Gasteiger partial charge in [-0.2, -0.15) is 0 Å². The number of anilines is 2. The third-order valence-corrected chi connectivity index (χ3v) is 4.74. The average Bonchev–Trinajstić information content (AvgIpc) is 2.50. The fourth-order valence-electron chi connectivity index (χ4n) is 2.18. The maximum absolute atomic E-state index is 12.0. The number of hydrogen-bond acceptors (Lipinski definition) is 4. The van der Waals surface area contributed by atoms with Crippen LogP contribution in [0.25, 0.3) is 0 Å². The largest absolute Gasteiger partial charge is 0.325 e. The average molecular weight is 348 g/mol. The molecule has 1 aliphatic heterocycles. The third-order valence-electron chi connectivity index (χ3n) is 3.43. The second-order valence-corrected chi connectivity index (χ2v) is 7.09. The number of sulfonamides is 1. The molecule has 0 aromatic heterocycles. The highest BCUT2D eigenvalue weighted by Gasteiger charge is 2.20. The molecule has 1 aromatic carbocycles. The van der Waals surface area contributed by atoms with Gasteiger partial charge in [-0.05, 0) is 50.6 Å². The van der Waals surface area contributed by atoms with Crippen LogP contribution in [0, 0.1) is 0 Å². The van der Waals surface area contributed by atoms with Crippen LogP contribution in [-0.4, -0.2) is 32.7 Å². The van der Waals surface area contributed by atoms with Gasteiger partial charge in [-0.3, -0.25) is 9.52 Å². The van der Waals surface area contributed by atoms with E-state index in [-0.39, 0.29) is 30.1 Å². The van der Waals surface area contributed by atoms with Crippen LogP contribution in [0.2, 0.25) is 0 Å². The first-order valence-corrected chi connectivity index (χ1v) is 8.80. The minimum absolute atomic E-state index is 0. The van der Waals surface area contributed by atoms with Crippen molar-refractivity contribution in [3.8, 4) is 0 Å². The molecule has 8 heteroatoms. The Balaban J connectivity index is 0.00000242. The number of rotatable bonds is 5. The van der Waals surface area contributed by atoms with Gasteiger partial charge in [0.05, 0.1) is 11.8 Å². The van der Waals surface area contributed by atoms with Crippen molar-refractivity contribution >= 4 is 39.7 Å². The quantitative estimate of drug-likeness (QED) is 0.759. The molecule has 3 N–H and O–H groups in total. The lowest BCUT2D eigenvalue weighted by Crippen LogP contribution is -2.43. The predicted octanol–water partition coefficient (Wildman–Crippen LogP) is 1.95. The fraction of sp³-hybridized carbons (Fsp3) is 0.500. The molecule has 0 bridgehead atoms. The predicted molar refractivity (Wildman–Crippen MR) is 91.0 cm³/mol. The number of halogens is 1. The Kier molecular flexibility index (Phi) is 7.12. The molecule has 0 radical (unpaired) electrons. The molecular formula is C14H22ClN3O3S. The van der Waals surface area contributed by atoms with Crippen LogP contribution in [0.5, 0.6) is 0 Å². The summed E-state index contributed by atoms with van der Waals surface area (Å²) in [7, 11) is -3.27. The van der Waals surface area contributed by atoms with Gasteiger partial charge in [0.2, 0.25) is 15.9 Å². The lowest BCUT2D eigenvalue weighted by Gasteiger charge is -2.22. The molecular weight excluding hydrogens is 326 g/mol. The summed E-state index contributed by atoms with van der Waals surface area (Å²) in [6, 6.07) is 6.51. The van der Waals surface area contributed by atoms with E-state index in [0.29, 0.717) is 11.4 Å². The zero-order chi connectivity index (χ0) is 15.3. The molecule has 1 fully saturated rings. The van der Waals surface area contributed by atoms with Crippen LogP contribution >= 0.6 is 12.4 Å². The van der Waals surface area contributed by atoms with E-state index < -0.39 is 10.0 Å². The van der Waals surface area contributed by atoms with E-state index in [2.05, 4.69) is 15.4 Å². The van der Waals surface area contributed by atoms with Gasteiger partial charge in [-0.15, -0.1) is 12.4 Å². The molecule has 0 spiro atoms. The monoisotopic (exact) mass is 347 g/mol. The van der Waals surface area contributed by atoms with Gasteiger partial charge in [-0.1, -0.05) is 6.42 Å². The van der Waals surface area contributed by atoms with Crippen molar-refractivity contribution in [2.24, 2.45) is 0 Å². The molecule has 1 aromatic rings. The lowest BCUT2D eigenvalue weighted by molar-refractivity contribution is -0.118. The minimum atomic E-state index is -3.27. The number of benzene rings is 1. The molecule has 1 heterocycles. The van der Waals surface area contributed by atoms with Crippen molar-refractivity contribution in [1.82, 2.24) is 5.32 Å². The van der Waals surface area contributed by atoms with Crippen molar-refractivity contribution < 1.29 is 13.2 Å². The highest BCUT2D eigenvalue weighted by atomic mass is 35.5. The van der Waals surface area contributed by atoms with Crippen molar-refractivity contribution in [1.29, 1.82) is 0 Å². The van der Waals surface area contributed by atoms with Gasteiger partial charge in [0.15, 0.2) is 0 Å². The van der Waals surface area contributed by atoms with Crippen molar-refractivity contribution in [2.75, 3.05) is 22.3 Å². The molecule has 1 atom stereocenters. The maximum atomic E-state index is 12.0. The van der Waals surface area contributed by atoms with Crippen LogP contribution < -0.4 is 15.4 Å². The number of piperidine rings is 1. The van der Waals surface area contributed by atoms with E-state index >= 15 is 0 Å². The highest BCUT2D eigenvalue weighted by Crippen LogP contribution is 2.16. The first-order valence-electron chi connectivity index (χ1n) is 7.15. The molecule has 124 valence electrons. The highest BCUT2D eigenvalue weighted by molar-refractivity contribution is 7.92. The molecule has 0 saturated carbocycles. The van der Waals surface area contributed by atoms with Crippen LogP contribution in [0.3, 0.4) is 0 Å². The molecule has 1 amide bonds. The molecule has 0 aliphatic carbocycles. The number of carbonyl (C=O) groups excluding carboxylic acids is 1. The number of nitrogens with one attached hydrogen (secondary N) is 3. The molecule has 22 heavy (non-hydrogen) atoms. The number of amides is 1. The summed E-state index contributed by atoms with van der Waals surface area (Å²) in [6.45, 7) is 2.45. The normalized spacial score (nSPS) is 18.1. The van der Waals surface area contributed by atoms with E-state index in [1.807, 2.05) is 0 Å². The van der Waals surface area contributed by atoms with Gasteiger partial charge >= 0.3 is 0 Å². The second kappa shape index (κ2) is 8.36. The fourth-order valence-corrected chi connectivity index (χ4v) is 2.82. The van der Waals surface area contributed by atoms with E-state index in [9.17, 15) is 13.2 Å². The standard InChI is InChI=1S/C14H21N3O3S.ClH/c1-2-21(19,20)17-12-8-6-11(7-9-12)16-14(18)13-5-3-4-10-15-13;/h6-9,13,15,17H,2-5,10H2,1H3,(H,16,18);1H/t13-;/m0./s1. The van der Waals surface area contributed by atoms with Crippen LogP contribution in [0.15, 0.2) is 24.3 Å². The van der Waals surface area contributed by atoms with Gasteiger partial charge < -0.3 is 10.6 Å².